The fourth-order valence-electron chi connectivity index (χ4n) is 1.17. The largest absolute Gasteiger partial charge is 0.493 e. The molecule has 3 nitrogen and oxygen atoms in total. The summed E-state index contributed by atoms with van der Waals surface area (Å²) in [5.41, 5.74) is -2.80. The molecule has 0 aliphatic heterocycles. The van der Waals surface area contributed by atoms with Gasteiger partial charge in [0.2, 0.25) is 0 Å². The highest BCUT2D eigenvalue weighted by Crippen LogP contribution is 2.34. The van der Waals surface area contributed by atoms with Crippen LogP contribution in [0.25, 0.3) is 0 Å². The first-order valence-electron chi connectivity index (χ1n) is 4.71. The molecule has 0 aliphatic carbocycles. The second kappa shape index (κ2) is 4.59. The van der Waals surface area contributed by atoms with Gasteiger partial charge in [-0.3, -0.25) is 0 Å². The van der Waals surface area contributed by atoms with Crippen LogP contribution in [-0.4, -0.2) is 6.61 Å². The minimum atomic E-state index is -4.77. The molecule has 0 amide bonds. The van der Waals surface area contributed by atoms with E-state index in [9.17, 15) is 18.0 Å². The number of hydrogen-bond acceptors (Lipinski definition) is 3. The Bertz CT molecular complexity index is 420. The molecule has 16 heavy (non-hydrogen) atoms. The Morgan fingerprint density at radius 3 is 2.56 bits per heavy atom. The zero-order valence-corrected chi connectivity index (χ0v) is 8.85. The average Bonchev–Trinajstić information content (AvgIpc) is 2.10. The Hall–Kier alpha value is -1.46. The third kappa shape index (κ3) is 2.77. The summed E-state index contributed by atoms with van der Waals surface area (Å²) in [5.74, 6) is -0.382. The summed E-state index contributed by atoms with van der Waals surface area (Å²) in [7, 11) is 0. The Morgan fingerprint density at radius 1 is 1.44 bits per heavy atom. The number of ether oxygens (including phenoxy) is 1. The van der Waals surface area contributed by atoms with E-state index in [1.807, 2.05) is 0 Å². The van der Waals surface area contributed by atoms with Crippen LogP contribution in [-0.2, 0) is 6.18 Å². The molecule has 0 bridgehead atoms. The first-order valence-corrected chi connectivity index (χ1v) is 4.71. The predicted molar refractivity (Wildman–Crippen MR) is 50.5 cm³/mol. The first-order chi connectivity index (χ1) is 7.36. The van der Waals surface area contributed by atoms with Gasteiger partial charge in [-0.25, -0.2) is 4.79 Å². The summed E-state index contributed by atoms with van der Waals surface area (Å²) in [4.78, 5) is 11.1. The van der Waals surface area contributed by atoms with Crippen molar-refractivity contribution < 1.29 is 22.3 Å². The van der Waals surface area contributed by atoms with Gasteiger partial charge in [0.1, 0.15) is 11.5 Å². The van der Waals surface area contributed by atoms with Crippen molar-refractivity contribution >= 4 is 0 Å². The molecule has 0 radical (unpaired) electrons. The monoisotopic (exact) mass is 236 g/mol. The summed E-state index contributed by atoms with van der Waals surface area (Å²) in [6, 6.07) is 1.07. The molecule has 90 valence electrons. The van der Waals surface area contributed by atoms with Gasteiger partial charge in [0.05, 0.1) is 6.61 Å². The van der Waals surface area contributed by atoms with E-state index in [-0.39, 0.29) is 12.4 Å². The number of hydrogen-bond donors (Lipinski definition) is 0. The topological polar surface area (TPSA) is 39.4 Å². The molecule has 0 spiro atoms. The van der Waals surface area contributed by atoms with Crippen molar-refractivity contribution in [3.8, 4) is 5.75 Å². The van der Waals surface area contributed by atoms with Crippen LogP contribution in [0.4, 0.5) is 13.2 Å². The van der Waals surface area contributed by atoms with Gasteiger partial charge in [0, 0.05) is 6.07 Å². The zero-order valence-electron chi connectivity index (χ0n) is 8.85. The van der Waals surface area contributed by atoms with Gasteiger partial charge in [-0.05, 0) is 13.3 Å². The molecule has 0 atom stereocenters. The van der Waals surface area contributed by atoms with Gasteiger partial charge in [-0.2, -0.15) is 13.2 Å². The van der Waals surface area contributed by atoms with Crippen molar-refractivity contribution in [2.45, 2.75) is 26.4 Å². The Morgan fingerprint density at radius 2 is 2.06 bits per heavy atom. The molecule has 0 fully saturated rings. The quantitative estimate of drug-likeness (QED) is 0.810. The van der Waals surface area contributed by atoms with E-state index in [0.29, 0.717) is 6.42 Å². The highest BCUT2D eigenvalue weighted by Gasteiger charge is 2.39. The van der Waals surface area contributed by atoms with Crippen molar-refractivity contribution in [1.29, 1.82) is 0 Å². The van der Waals surface area contributed by atoms with E-state index in [1.54, 1.807) is 6.92 Å². The van der Waals surface area contributed by atoms with Crippen molar-refractivity contribution in [3.63, 3.8) is 0 Å². The molecule has 1 aromatic rings. The van der Waals surface area contributed by atoms with Crippen LogP contribution < -0.4 is 10.4 Å². The van der Waals surface area contributed by atoms with Gasteiger partial charge in [-0.15, -0.1) is 0 Å². The zero-order chi connectivity index (χ0) is 12.3. The minimum Gasteiger partial charge on any atom is -0.493 e. The van der Waals surface area contributed by atoms with E-state index in [4.69, 9.17) is 4.74 Å². The van der Waals surface area contributed by atoms with Gasteiger partial charge >= 0.3 is 11.8 Å². The number of aryl methyl sites for hydroxylation is 1. The normalized spacial score (nSPS) is 11.6. The van der Waals surface area contributed by atoms with Crippen LogP contribution in [0, 0.1) is 6.92 Å². The second-order valence-electron chi connectivity index (χ2n) is 3.23. The molecule has 1 heterocycles. The highest BCUT2D eigenvalue weighted by atomic mass is 19.4. The van der Waals surface area contributed by atoms with Gasteiger partial charge < -0.3 is 9.15 Å². The summed E-state index contributed by atoms with van der Waals surface area (Å²) in [5, 5.41) is 0. The van der Waals surface area contributed by atoms with E-state index in [0.717, 1.165) is 6.07 Å². The smallest absolute Gasteiger partial charge is 0.427 e. The SMILES string of the molecule is CCCOc1cc(C)oc(=O)c1C(F)(F)F. The second-order valence-corrected chi connectivity index (χ2v) is 3.23. The number of alkyl halides is 3. The lowest BCUT2D eigenvalue weighted by Gasteiger charge is -2.12. The Kier molecular flexibility index (Phi) is 3.62. The third-order valence-electron chi connectivity index (χ3n) is 1.78. The van der Waals surface area contributed by atoms with Gasteiger partial charge in [0.25, 0.3) is 0 Å². The van der Waals surface area contributed by atoms with Crippen molar-refractivity contribution in [3.05, 3.63) is 27.8 Å². The summed E-state index contributed by atoms with van der Waals surface area (Å²) >= 11 is 0. The lowest BCUT2D eigenvalue weighted by Crippen LogP contribution is -2.20. The number of rotatable bonds is 3. The van der Waals surface area contributed by atoms with Crippen molar-refractivity contribution in [1.82, 2.24) is 0 Å². The fraction of sp³-hybridized carbons (Fsp3) is 0.500. The lowest BCUT2D eigenvalue weighted by molar-refractivity contribution is -0.141. The van der Waals surface area contributed by atoms with Crippen molar-refractivity contribution in [2.75, 3.05) is 6.61 Å². The van der Waals surface area contributed by atoms with E-state index in [1.165, 1.54) is 6.92 Å². The third-order valence-corrected chi connectivity index (χ3v) is 1.78. The molecule has 1 rings (SSSR count). The standard InChI is InChI=1S/C10H11F3O3/c1-3-4-15-7-5-6(2)16-9(14)8(7)10(11,12)13/h5H,3-4H2,1-2H3. The fourth-order valence-corrected chi connectivity index (χ4v) is 1.17. The van der Waals surface area contributed by atoms with Crippen LogP contribution in [0.2, 0.25) is 0 Å². The molecule has 0 unspecified atom stereocenters. The average molecular weight is 236 g/mol. The van der Waals surface area contributed by atoms with Crippen LogP contribution in [0.5, 0.6) is 5.75 Å². The molecule has 0 aromatic carbocycles. The summed E-state index contributed by atoms with van der Waals surface area (Å²) in [6.07, 6.45) is -4.21. The molecule has 0 N–H and O–H groups in total. The maximum Gasteiger partial charge on any atom is 0.427 e. The lowest BCUT2D eigenvalue weighted by atomic mass is 10.2. The summed E-state index contributed by atoms with van der Waals surface area (Å²) < 4.78 is 46.9. The van der Waals surface area contributed by atoms with Crippen LogP contribution >= 0.6 is 0 Å². The van der Waals surface area contributed by atoms with Crippen LogP contribution in [0.3, 0.4) is 0 Å². The van der Waals surface area contributed by atoms with Crippen molar-refractivity contribution in [2.24, 2.45) is 0 Å². The molecule has 0 aliphatic rings. The van der Waals surface area contributed by atoms with Gasteiger partial charge in [-0.1, -0.05) is 6.92 Å². The Balaban J connectivity index is 3.27. The Labute approximate surface area is 89.8 Å². The molecule has 1 aromatic heterocycles. The van der Waals surface area contributed by atoms with Crippen LogP contribution in [0.15, 0.2) is 15.3 Å². The maximum atomic E-state index is 12.5. The molecule has 0 saturated carbocycles. The molecular weight excluding hydrogens is 225 g/mol. The first kappa shape index (κ1) is 12.6. The maximum absolute atomic E-state index is 12.5. The predicted octanol–water partition coefficient (Wildman–Crippen LogP) is 2.76. The van der Waals surface area contributed by atoms with E-state index in [2.05, 4.69) is 4.42 Å². The highest BCUT2D eigenvalue weighted by molar-refractivity contribution is 5.33. The van der Waals surface area contributed by atoms with Gasteiger partial charge in [0.15, 0.2) is 5.56 Å². The molecular formula is C10H11F3O3. The molecule has 6 heteroatoms. The van der Waals surface area contributed by atoms with E-state index < -0.39 is 23.1 Å². The van der Waals surface area contributed by atoms with E-state index >= 15 is 0 Å². The molecule has 0 saturated heterocycles. The minimum absolute atomic E-state index is 0.0871. The summed E-state index contributed by atoms with van der Waals surface area (Å²) in [6.45, 7) is 3.26. The van der Waals surface area contributed by atoms with Crippen LogP contribution in [0.1, 0.15) is 24.7 Å². The number of halogens is 3.